The molecule has 152 valence electrons. The van der Waals surface area contributed by atoms with Gasteiger partial charge in [-0.25, -0.2) is 13.4 Å². The number of amides is 1. The highest BCUT2D eigenvalue weighted by atomic mass is 32.2. The van der Waals surface area contributed by atoms with Crippen LogP contribution in [0.3, 0.4) is 0 Å². The lowest BCUT2D eigenvalue weighted by Gasteiger charge is -2.15. The molecule has 0 bridgehead atoms. The quantitative estimate of drug-likeness (QED) is 0.526. The van der Waals surface area contributed by atoms with E-state index in [1.807, 2.05) is 34.3 Å². The van der Waals surface area contributed by atoms with Crippen molar-refractivity contribution in [2.45, 2.75) is 18.2 Å². The molecule has 0 atom stereocenters. The molecule has 0 fully saturated rings. The fourth-order valence-electron chi connectivity index (χ4n) is 3.66. The van der Waals surface area contributed by atoms with Crippen LogP contribution in [0.25, 0.3) is 16.2 Å². The van der Waals surface area contributed by atoms with Crippen LogP contribution in [0.4, 0.5) is 11.4 Å². The number of rotatable bonds is 4. The van der Waals surface area contributed by atoms with Gasteiger partial charge in [0.15, 0.2) is 4.96 Å². The Hall–Kier alpha value is -3.17. The average Bonchev–Trinajstić information content (AvgIpc) is 3.42. The Morgan fingerprint density at radius 1 is 1.17 bits per heavy atom. The van der Waals surface area contributed by atoms with Gasteiger partial charge in [0, 0.05) is 48.2 Å². The van der Waals surface area contributed by atoms with Crippen LogP contribution in [0, 0.1) is 0 Å². The number of benzene rings is 2. The summed E-state index contributed by atoms with van der Waals surface area (Å²) in [6.45, 7) is 2.09. The summed E-state index contributed by atoms with van der Waals surface area (Å²) in [5, 5.41) is 1.97. The molecule has 0 spiro atoms. The highest BCUT2D eigenvalue weighted by molar-refractivity contribution is 7.92. The van der Waals surface area contributed by atoms with Crippen molar-refractivity contribution in [3.63, 3.8) is 0 Å². The van der Waals surface area contributed by atoms with E-state index >= 15 is 0 Å². The van der Waals surface area contributed by atoms with Crippen LogP contribution >= 0.6 is 11.3 Å². The number of nitrogens with zero attached hydrogens (tertiary/aromatic N) is 3. The normalized spacial score (nSPS) is 13.6. The maximum absolute atomic E-state index is 12.8. The van der Waals surface area contributed by atoms with Crippen LogP contribution in [0.15, 0.2) is 65.1 Å². The molecule has 1 aliphatic rings. The lowest BCUT2D eigenvalue weighted by Crippen LogP contribution is -2.25. The number of nitrogens with one attached hydrogen (secondary N) is 1. The van der Waals surface area contributed by atoms with Gasteiger partial charge in [-0.2, -0.15) is 0 Å². The maximum atomic E-state index is 12.8. The topological polar surface area (TPSA) is 83.8 Å². The second-order valence-corrected chi connectivity index (χ2v) is 9.67. The van der Waals surface area contributed by atoms with E-state index in [1.165, 1.54) is 13.0 Å². The van der Waals surface area contributed by atoms with Gasteiger partial charge in [-0.05, 0) is 42.3 Å². The van der Waals surface area contributed by atoms with Crippen LogP contribution in [-0.4, -0.2) is 30.3 Å². The van der Waals surface area contributed by atoms with Gasteiger partial charge < -0.3 is 4.90 Å². The molecular weight excluding hydrogens is 420 g/mol. The minimum absolute atomic E-state index is 0.0415. The Morgan fingerprint density at radius 2 is 1.97 bits per heavy atom. The molecule has 9 heteroatoms. The molecule has 4 aromatic rings. The molecule has 3 heterocycles. The first kappa shape index (κ1) is 18.8. The molecule has 1 amide bonds. The lowest BCUT2D eigenvalue weighted by atomic mass is 10.1. The average molecular weight is 439 g/mol. The van der Waals surface area contributed by atoms with Crippen LogP contribution in [-0.2, 0) is 21.2 Å². The van der Waals surface area contributed by atoms with E-state index in [4.69, 9.17) is 0 Å². The first-order valence-corrected chi connectivity index (χ1v) is 11.7. The van der Waals surface area contributed by atoms with Crippen molar-refractivity contribution >= 4 is 43.6 Å². The highest BCUT2D eigenvalue weighted by Crippen LogP contribution is 2.31. The van der Waals surface area contributed by atoms with E-state index in [0.717, 1.165) is 27.5 Å². The minimum Gasteiger partial charge on any atom is -0.312 e. The number of aromatic nitrogens is 2. The number of hydrogen-bond donors (Lipinski definition) is 1. The van der Waals surface area contributed by atoms with E-state index in [2.05, 4.69) is 9.71 Å². The van der Waals surface area contributed by atoms with E-state index in [1.54, 1.807) is 40.5 Å². The second kappa shape index (κ2) is 6.96. The molecular formula is C21H18N4O3S2. The van der Waals surface area contributed by atoms with Crippen LogP contribution in [0.2, 0.25) is 0 Å². The lowest BCUT2D eigenvalue weighted by molar-refractivity contribution is -0.116. The van der Waals surface area contributed by atoms with E-state index in [9.17, 15) is 13.2 Å². The Bertz CT molecular complexity index is 1340. The predicted octanol–water partition coefficient (Wildman–Crippen LogP) is 3.77. The third kappa shape index (κ3) is 3.25. The summed E-state index contributed by atoms with van der Waals surface area (Å²) in [5.74, 6) is -0.0415. The number of thiazole rings is 1. The van der Waals surface area contributed by atoms with Gasteiger partial charge >= 0.3 is 0 Å². The van der Waals surface area contributed by atoms with Crippen molar-refractivity contribution in [3.8, 4) is 11.3 Å². The SMILES string of the molecule is CC(=O)N1CCc2cc(S(=O)(=O)Nc3ccc(-c4cn5ccsc5n4)cc3)ccc21. The molecule has 2 aromatic heterocycles. The predicted molar refractivity (Wildman–Crippen MR) is 117 cm³/mol. The Labute approximate surface area is 177 Å². The Balaban J connectivity index is 1.37. The van der Waals surface area contributed by atoms with Crippen LogP contribution in [0.1, 0.15) is 12.5 Å². The molecule has 1 N–H and O–H groups in total. The summed E-state index contributed by atoms with van der Waals surface area (Å²) in [6, 6.07) is 12.0. The third-order valence-electron chi connectivity index (χ3n) is 5.16. The number of carbonyl (C=O) groups is 1. The molecule has 0 aliphatic carbocycles. The monoisotopic (exact) mass is 438 g/mol. The van der Waals surface area contributed by atoms with E-state index in [0.29, 0.717) is 18.7 Å². The number of carbonyl (C=O) groups excluding carboxylic acids is 1. The Morgan fingerprint density at radius 3 is 2.70 bits per heavy atom. The van der Waals surface area contributed by atoms with Gasteiger partial charge in [0.2, 0.25) is 5.91 Å². The molecule has 7 nitrogen and oxygen atoms in total. The standard InChI is InChI=1S/C21H18N4O3S2/c1-14(26)25-9-8-16-12-18(6-7-20(16)25)30(27,28)23-17-4-2-15(3-5-17)19-13-24-10-11-29-21(24)22-19/h2-7,10-13,23H,8-9H2,1H3. The van der Waals surface area contributed by atoms with Crippen molar-refractivity contribution in [1.29, 1.82) is 0 Å². The van der Waals surface area contributed by atoms with Gasteiger partial charge in [0.1, 0.15) is 0 Å². The molecule has 2 aromatic carbocycles. The summed E-state index contributed by atoms with van der Waals surface area (Å²) in [6.07, 6.45) is 4.54. The van der Waals surface area contributed by atoms with Crippen LogP contribution < -0.4 is 9.62 Å². The summed E-state index contributed by atoms with van der Waals surface area (Å²) in [7, 11) is -3.73. The van der Waals surface area contributed by atoms with Crippen molar-refractivity contribution in [2.24, 2.45) is 0 Å². The smallest absolute Gasteiger partial charge is 0.261 e. The number of imidazole rings is 1. The van der Waals surface area contributed by atoms with E-state index in [-0.39, 0.29) is 10.8 Å². The largest absolute Gasteiger partial charge is 0.312 e. The number of fused-ring (bicyclic) bond motifs is 2. The second-order valence-electron chi connectivity index (χ2n) is 7.11. The van der Waals surface area contributed by atoms with Crippen molar-refractivity contribution in [1.82, 2.24) is 9.38 Å². The fourth-order valence-corrected chi connectivity index (χ4v) is 5.47. The number of anilines is 2. The highest BCUT2D eigenvalue weighted by Gasteiger charge is 2.24. The molecule has 1 aliphatic heterocycles. The molecule has 0 radical (unpaired) electrons. The van der Waals surface area contributed by atoms with Gasteiger partial charge in [-0.1, -0.05) is 12.1 Å². The summed E-state index contributed by atoms with van der Waals surface area (Å²) < 4.78 is 30.3. The van der Waals surface area contributed by atoms with Gasteiger partial charge in [-0.3, -0.25) is 13.9 Å². The van der Waals surface area contributed by atoms with Gasteiger partial charge in [-0.15, -0.1) is 11.3 Å². The zero-order chi connectivity index (χ0) is 20.9. The number of sulfonamides is 1. The third-order valence-corrected chi connectivity index (χ3v) is 7.31. The molecule has 0 saturated carbocycles. The maximum Gasteiger partial charge on any atom is 0.261 e. The zero-order valence-electron chi connectivity index (χ0n) is 16.1. The molecule has 30 heavy (non-hydrogen) atoms. The molecule has 5 rings (SSSR count). The summed E-state index contributed by atoms with van der Waals surface area (Å²) in [4.78, 5) is 19.0. The van der Waals surface area contributed by atoms with Gasteiger partial charge in [0.05, 0.1) is 10.6 Å². The van der Waals surface area contributed by atoms with Gasteiger partial charge in [0.25, 0.3) is 10.0 Å². The van der Waals surface area contributed by atoms with Crippen molar-refractivity contribution in [3.05, 3.63) is 65.8 Å². The van der Waals surface area contributed by atoms with E-state index < -0.39 is 10.0 Å². The first-order valence-electron chi connectivity index (χ1n) is 9.37. The fraction of sp³-hybridized carbons (Fsp3) is 0.143. The minimum atomic E-state index is -3.73. The zero-order valence-corrected chi connectivity index (χ0v) is 17.7. The van der Waals surface area contributed by atoms with Crippen LogP contribution in [0.5, 0.6) is 0 Å². The molecule has 0 saturated heterocycles. The molecule has 0 unspecified atom stereocenters. The summed E-state index contributed by atoms with van der Waals surface area (Å²) >= 11 is 1.56. The number of hydrogen-bond acceptors (Lipinski definition) is 5. The van der Waals surface area contributed by atoms with Crippen molar-refractivity contribution < 1.29 is 13.2 Å². The van der Waals surface area contributed by atoms with Crippen molar-refractivity contribution in [2.75, 3.05) is 16.2 Å². The Kier molecular flexibility index (Phi) is 4.37. The summed E-state index contributed by atoms with van der Waals surface area (Å²) in [5.41, 5.74) is 3.88. The first-order chi connectivity index (χ1) is 14.4.